The molecule has 5 heteroatoms. The Labute approximate surface area is 121 Å². The van der Waals surface area contributed by atoms with Gasteiger partial charge in [0.1, 0.15) is 11.1 Å². The minimum absolute atomic E-state index is 0.321. The molecule has 0 saturated heterocycles. The topological polar surface area (TPSA) is 63.0 Å². The van der Waals surface area contributed by atoms with E-state index in [-0.39, 0.29) is 0 Å². The van der Waals surface area contributed by atoms with Gasteiger partial charge in [-0.25, -0.2) is 9.78 Å². The second-order valence-corrected chi connectivity index (χ2v) is 5.05. The van der Waals surface area contributed by atoms with Gasteiger partial charge in [0.2, 0.25) is 0 Å². The lowest BCUT2D eigenvalue weighted by Gasteiger charge is -2.08. The number of pyridine rings is 1. The van der Waals surface area contributed by atoms with Crippen LogP contribution in [0, 0.1) is 18.3 Å². The Hall–Kier alpha value is -2.32. The minimum Gasteiger partial charge on any atom is -0.465 e. The highest BCUT2D eigenvalue weighted by molar-refractivity contribution is 7.99. The lowest BCUT2D eigenvalue weighted by Crippen LogP contribution is -2.07. The first-order valence-electron chi connectivity index (χ1n) is 5.88. The van der Waals surface area contributed by atoms with Gasteiger partial charge in [0.15, 0.2) is 0 Å². The summed E-state index contributed by atoms with van der Waals surface area (Å²) in [5, 5.41) is 9.80. The fourth-order valence-corrected chi connectivity index (χ4v) is 2.57. The fraction of sp³-hybridized carbons (Fsp3) is 0.133. The van der Waals surface area contributed by atoms with Crippen molar-refractivity contribution in [3.63, 3.8) is 0 Å². The molecule has 1 aromatic carbocycles. The Morgan fingerprint density at radius 2 is 2.05 bits per heavy atom. The summed E-state index contributed by atoms with van der Waals surface area (Å²) in [6, 6.07) is 13.2. The Morgan fingerprint density at radius 1 is 1.35 bits per heavy atom. The Bertz CT molecular complexity index is 678. The molecule has 0 aliphatic rings. The third kappa shape index (κ3) is 2.98. The van der Waals surface area contributed by atoms with Gasteiger partial charge >= 0.3 is 5.97 Å². The van der Waals surface area contributed by atoms with Crippen molar-refractivity contribution in [2.75, 3.05) is 7.11 Å². The molecule has 1 heterocycles. The molecule has 0 amide bonds. The van der Waals surface area contributed by atoms with Crippen molar-refractivity contribution in [1.29, 1.82) is 5.26 Å². The molecule has 100 valence electrons. The van der Waals surface area contributed by atoms with Crippen LogP contribution < -0.4 is 0 Å². The number of esters is 1. The smallest absolute Gasteiger partial charge is 0.339 e. The molecule has 0 atom stereocenters. The summed E-state index contributed by atoms with van der Waals surface area (Å²) in [5.74, 6) is -0.484. The monoisotopic (exact) mass is 284 g/mol. The number of benzene rings is 1. The normalized spacial score (nSPS) is 9.85. The maximum absolute atomic E-state index is 11.6. The zero-order valence-electron chi connectivity index (χ0n) is 11.1. The van der Waals surface area contributed by atoms with E-state index in [1.165, 1.54) is 24.9 Å². The summed E-state index contributed by atoms with van der Waals surface area (Å²) < 4.78 is 4.68. The maximum atomic E-state index is 11.6. The van der Waals surface area contributed by atoms with Crippen LogP contribution >= 0.6 is 11.8 Å². The van der Waals surface area contributed by atoms with Gasteiger partial charge < -0.3 is 4.74 Å². The molecule has 0 aliphatic carbocycles. The molecule has 0 radical (unpaired) electrons. The van der Waals surface area contributed by atoms with Crippen LogP contribution in [0.15, 0.2) is 46.3 Å². The zero-order chi connectivity index (χ0) is 14.5. The van der Waals surface area contributed by atoms with Crippen molar-refractivity contribution in [1.82, 2.24) is 4.98 Å². The second-order valence-electron chi connectivity index (χ2n) is 3.99. The summed E-state index contributed by atoms with van der Waals surface area (Å²) in [7, 11) is 1.31. The van der Waals surface area contributed by atoms with E-state index in [2.05, 4.69) is 15.8 Å². The number of aromatic nitrogens is 1. The summed E-state index contributed by atoms with van der Waals surface area (Å²) >= 11 is 1.40. The maximum Gasteiger partial charge on any atom is 0.339 e. The highest BCUT2D eigenvalue weighted by Crippen LogP contribution is 2.29. The van der Waals surface area contributed by atoms with Crippen LogP contribution in [-0.2, 0) is 4.74 Å². The van der Waals surface area contributed by atoms with E-state index in [0.717, 1.165) is 4.90 Å². The number of methoxy groups -OCH3 is 1. The Balaban J connectivity index is 2.42. The van der Waals surface area contributed by atoms with Crippen LogP contribution in [0.25, 0.3) is 0 Å². The second kappa shape index (κ2) is 6.22. The number of carbonyl (C=O) groups excluding carboxylic acids is 1. The van der Waals surface area contributed by atoms with E-state index < -0.39 is 5.97 Å². The van der Waals surface area contributed by atoms with Gasteiger partial charge in [-0.1, -0.05) is 30.0 Å². The standard InChI is InChI=1S/C15H12N2O2S/c1-10-13(15(18)19-2)8-11(9-16)14(17-10)20-12-6-4-3-5-7-12/h3-8H,1-2H3. The molecular weight excluding hydrogens is 272 g/mol. The van der Waals surface area contributed by atoms with Crippen molar-refractivity contribution in [3.05, 3.63) is 53.2 Å². The van der Waals surface area contributed by atoms with E-state index >= 15 is 0 Å². The summed E-state index contributed by atoms with van der Waals surface area (Å²) in [5.41, 5.74) is 1.24. The number of hydrogen-bond donors (Lipinski definition) is 0. The molecule has 0 N–H and O–H groups in total. The predicted octanol–water partition coefficient (Wildman–Crippen LogP) is 3.20. The van der Waals surface area contributed by atoms with E-state index in [4.69, 9.17) is 0 Å². The van der Waals surface area contributed by atoms with Crippen LogP contribution in [0.4, 0.5) is 0 Å². The zero-order valence-corrected chi connectivity index (χ0v) is 11.9. The van der Waals surface area contributed by atoms with E-state index in [1.54, 1.807) is 6.92 Å². The first-order chi connectivity index (χ1) is 9.65. The average molecular weight is 284 g/mol. The molecule has 2 aromatic rings. The van der Waals surface area contributed by atoms with Crippen LogP contribution in [-0.4, -0.2) is 18.1 Å². The predicted molar refractivity (Wildman–Crippen MR) is 75.6 cm³/mol. The summed E-state index contributed by atoms with van der Waals surface area (Å²) in [4.78, 5) is 16.9. The Morgan fingerprint density at radius 3 is 2.65 bits per heavy atom. The van der Waals surface area contributed by atoms with Gasteiger partial charge in [0.05, 0.1) is 23.9 Å². The molecule has 20 heavy (non-hydrogen) atoms. The molecule has 4 nitrogen and oxygen atoms in total. The third-order valence-electron chi connectivity index (χ3n) is 2.66. The van der Waals surface area contributed by atoms with Crippen molar-refractivity contribution >= 4 is 17.7 Å². The SMILES string of the molecule is COC(=O)c1cc(C#N)c(Sc2ccccc2)nc1C. The molecule has 0 fully saturated rings. The van der Waals surface area contributed by atoms with Gasteiger partial charge in [-0.05, 0) is 25.1 Å². The molecule has 0 aliphatic heterocycles. The van der Waals surface area contributed by atoms with Crippen LogP contribution in [0.2, 0.25) is 0 Å². The van der Waals surface area contributed by atoms with E-state index in [0.29, 0.717) is 21.8 Å². The summed E-state index contributed by atoms with van der Waals surface area (Å²) in [6.07, 6.45) is 0. The number of nitriles is 1. The van der Waals surface area contributed by atoms with Crippen molar-refractivity contribution in [2.45, 2.75) is 16.8 Å². The highest BCUT2D eigenvalue weighted by atomic mass is 32.2. The van der Waals surface area contributed by atoms with Gasteiger partial charge in [0, 0.05) is 4.90 Å². The number of rotatable bonds is 3. The van der Waals surface area contributed by atoms with Gasteiger partial charge in [0.25, 0.3) is 0 Å². The number of ether oxygens (including phenoxy) is 1. The van der Waals surface area contributed by atoms with Crippen molar-refractivity contribution < 1.29 is 9.53 Å². The largest absolute Gasteiger partial charge is 0.465 e. The Kier molecular flexibility index (Phi) is 4.38. The lowest BCUT2D eigenvalue weighted by atomic mass is 10.1. The molecule has 1 aromatic heterocycles. The van der Waals surface area contributed by atoms with Crippen LogP contribution in [0.3, 0.4) is 0 Å². The molecule has 0 unspecified atom stereocenters. The molecule has 0 spiro atoms. The summed E-state index contributed by atoms with van der Waals surface area (Å²) in [6.45, 7) is 1.72. The molecular formula is C15H12N2O2S. The number of nitrogens with zero attached hydrogens (tertiary/aromatic N) is 2. The van der Waals surface area contributed by atoms with Gasteiger partial charge in [-0.15, -0.1) is 0 Å². The number of aryl methyl sites for hydroxylation is 1. The van der Waals surface area contributed by atoms with Gasteiger partial charge in [-0.2, -0.15) is 5.26 Å². The quantitative estimate of drug-likeness (QED) is 0.810. The average Bonchev–Trinajstić information content (AvgIpc) is 2.48. The van der Waals surface area contributed by atoms with Crippen LogP contribution in [0.5, 0.6) is 0 Å². The number of hydrogen-bond acceptors (Lipinski definition) is 5. The van der Waals surface area contributed by atoms with E-state index in [9.17, 15) is 10.1 Å². The molecule has 0 saturated carbocycles. The molecule has 0 bridgehead atoms. The van der Waals surface area contributed by atoms with Crippen molar-refractivity contribution in [3.8, 4) is 6.07 Å². The first kappa shape index (κ1) is 14.1. The fourth-order valence-electron chi connectivity index (χ4n) is 1.66. The van der Waals surface area contributed by atoms with E-state index in [1.807, 2.05) is 30.3 Å². The first-order valence-corrected chi connectivity index (χ1v) is 6.70. The van der Waals surface area contributed by atoms with Crippen molar-refractivity contribution in [2.24, 2.45) is 0 Å². The lowest BCUT2D eigenvalue weighted by molar-refractivity contribution is 0.0599. The highest BCUT2D eigenvalue weighted by Gasteiger charge is 2.15. The van der Waals surface area contributed by atoms with Gasteiger partial charge in [-0.3, -0.25) is 0 Å². The molecule has 2 rings (SSSR count). The minimum atomic E-state index is -0.484. The third-order valence-corrected chi connectivity index (χ3v) is 3.67. The van der Waals surface area contributed by atoms with Crippen LogP contribution in [0.1, 0.15) is 21.6 Å². The number of carbonyl (C=O) groups is 1.